The Morgan fingerprint density at radius 3 is 2.48 bits per heavy atom. The van der Waals surface area contributed by atoms with Gasteiger partial charge in [-0.15, -0.1) is 0 Å². The van der Waals surface area contributed by atoms with Gasteiger partial charge in [-0.1, -0.05) is 15.9 Å². The van der Waals surface area contributed by atoms with Crippen molar-refractivity contribution in [1.82, 2.24) is 10.2 Å². The average molecular weight is 374 g/mol. The number of nitrogens with one attached hydrogen (secondary N) is 2. The Balaban J connectivity index is 2.52. The maximum Gasteiger partial charge on any atom is 0.265 e. The number of aromatic nitrogens is 2. The lowest BCUT2D eigenvalue weighted by Crippen LogP contribution is -2.16. The van der Waals surface area contributed by atoms with E-state index >= 15 is 0 Å². The second-order valence-electron chi connectivity index (χ2n) is 4.67. The molecule has 21 heavy (non-hydrogen) atoms. The minimum Gasteiger partial charge on any atom is -0.495 e. The summed E-state index contributed by atoms with van der Waals surface area (Å²) in [7, 11) is -2.24. The molecular formula is C13H16BrN3O3S. The van der Waals surface area contributed by atoms with Crippen LogP contribution in [-0.4, -0.2) is 25.7 Å². The summed E-state index contributed by atoms with van der Waals surface area (Å²) in [5.74, 6) is 0.448. The van der Waals surface area contributed by atoms with Gasteiger partial charge in [0.1, 0.15) is 10.6 Å². The number of rotatable bonds is 4. The number of halogens is 1. The van der Waals surface area contributed by atoms with Crippen LogP contribution in [0.15, 0.2) is 21.5 Å². The van der Waals surface area contributed by atoms with Gasteiger partial charge in [0, 0.05) is 4.47 Å². The molecule has 0 spiro atoms. The molecule has 8 heteroatoms. The van der Waals surface area contributed by atoms with E-state index in [1.807, 2.05) is 6.07 Å². The van der Waals surface area contributed by atoms with E-state index in [0.29, 0.717) is 22.8 Å². The van der Waals surface area contributed by atoms with Crippen molar-refractivity contribution in [2.75, 3.05) is 11.8 Å². The molecule has 0 amide bonds. The number of hydrogen-bond donors (Lipinski definition) is 2. The second-order valence-corrected chi connectivity index (χ2v) is 7.20. The number of aromatic amines is 1. The van der Waals surface area contributed by atoms with Crippen molar-refractivity contribution in [2.45, 2.75) is 25.7 Å². The second kappa shape index (κ2) is 5.69. The van der Waals surface area contributed by atoms with Crippen molar-refractivity contribution in [2.24, 2.45) is 0 Å². The minimum absolute atomic E-state index is 0.159. The number of benzene rings is 1. The van der Waals surface area contributed by atoms with Crippen LogP contribution in [-0.2, 0) is 10.0 Å². The molecule has 0 radical (unpaired) electrons. The van der Waals surface area contributed by atoms with Crippen LogP contribution in [0.4, 0.5) is 5.69 Å². The van der Waals surface area contributed by atoms with Crippen molar-refractivity contribution in [3.05, 3.63) is 33.6 Å². The van der Waals surface area contributed by atoms with E-state index in [0.717, 1.165) is 10.0 Å². The molecule has 0 unspecified atom stereocenters. The number of anilines is 1. The first-order valence-electron chi connectivity index (χ1n) is 6.14. The highest BCUT2D eigenvalue weighted by Crippen LogP contribution is 2.34. The van der Waals surface area contributed by atoms with Crippen molar-refractivity contribution in [3.8, 4) is 5.75 Å². The van der Waals surface area contributed by atoms with Gasteiger partial charge in [-0.05, 0) is 38.5 Å². The lowest BCUT2D eigenvalue weighted by molar-refractivity contribution is 0.416. The molecule has 0 aliphatic carbocycles. The summed E-state index contributed by atoms with van der Waals surface area (Å²) >= 11 is 3.36. The normalized spacial score (nSPS) is 11.5. The summed E-state index contributed by atoms with van der Waals surface area (Å²) < 4.78 is 33.8. The third kappa shape index (κ3) is 3.06. The molecule has 1 heterocycles. The molecule has 2 aromatic rings. The molecule has 2 N–H and O–H groups in total. The number of methoxy groups -OCH3 is 1. The fourth-order valence-corrected chi connectivity index (χ4v) is 4.19. The molecule has 2 rings (SSSR count). The predicted octanol–water partition coefficient (Wildman–Crippen LogP) is 2.91. The third-order valence-electron chi connectivity index (χ3n) is 3.05. The van der Waals surface area contributed by atoms with Crippen molar-refractivity contribution in [3.63, 3.8) is 0 Å². The number of H-pyrrole nitrogens is 1. The van der Waals surface area contributed by atoms with Crippen LogP contribution in [0.3, 0.4) is 0 Å². The van der Waals surface area contributed by atoms with E-state index < -0.39 is 10.0 Å². The van der Waals surface area contributed by atoms with Crippen LogP contribution < -0.4 is 9.46 Å². The van der Waals surface area contributed by atoms with Crippen molar-refractivity contribution >= 4 is 31.6 Å². The zero-order valence-electron chi connectivity index (χ0n) is 12.1. The van der Waals surface area contributed by atoms with E-state index in [1.165, 1.54) is 7.11 Å². The summed E-state index contributed by atoms with van der Waals surface area (Å²) in [5, 5.41) is 6.59. The van der Waals surface area contributed by atoms with Gasteiger partial charge in [-0.25, -0.2) is 8.42 Å². The number of hydrogen-bond acceptors (Lipinski definition) is 4. The number of sulfonamides is 1. The maximum atomic E-state index is 12.6. The van der Waals surface area contributed by atoms with Gasteiger partial charge in [0.2, 0.25) is 0 Å². The van der Waals surface area contributed by atoms with Crippen molar-refractivity contribution in [1.29, 1.82) is 0 Å². The maximum absolute atomic E-state index is 12.6. The Morgan fingerprint density at radius 1 is 1.29 bits per heavy atom. The molecule has 6 nitrogen and oxygen atoms in total. The van der Waals surface area contributed by atoms with Crippen LogP contribution in [0, 0.1) is 20.8 Å². The molecule has 1 aromatic carbocycles. The summed E-state index contributed by atoms with van der Waals surface area (Å²) in [6.07, 6.45) is 0. The highest BCUT2D eigenvalue weighted by Gasteiger charge is 2.24. The molecule has 0 aliphatic rings. The Labute approximate surface area is 132 Å². The van der Waals surface area contributed by atoms with E-state index in [9.17, 15) is 8.42 Å². The minimum atomic E-state index is -3.74. The van der Waals surface area contributed by atoms with E-state index in [2.05, 4.69) is 30.8 Å². The predicted molar refractivity (Wildman–Crippen MR) is 84.3 cm³/mol. The fraction of sp³-hybridized carbons (Fsp3) is 0.308. The Kier molecular flexibility index (Phi) is 4.29. The Morgan fingerprint density at radius 2 is 1.95 bits per heavy atom. The fourth-order valence-electron chi connectivity index (χ4n) is 2.13. The molecule has 0 saturated carbocycles. The molecule has 0 fully saturated rings. The van der Waals surface area contributed by atoms with Gasteiger partial charge >= 0.3 is 0 Å². The summed E-state index contributed by atoms with van der Waals surface area (Å²) in [6.45, 7) is 5.12. The van der Waals surface area contributed by atoms with E-state index in [4.69, 9.17) is 4.74 Å². The van der Waals surface area contributed by atoms with Crippen LogP contribution in [0.2, 0.25) is 0 Å². The largest absolute Gasteiger partial charge is 0.495 e. The van der Waals surface area contributed by atoms with E-state index in [1.54, 1.807) is 26.8 Å². The van der Waals surface area contributed by atoms with Crippen LogP contribution in [0.1, 0.15) is 17.0 Å². The zero-order chi connectivity index (χ0) is 15.8. The molecular weight excluding hydrogens is 358 g/mol. The third-order valence-corrected chi connectivity index (χ3v) is 5.12. The first-order chi connectivity index (χ1) is 9.76. The molecule has 0 bridgehead atoms. The SMILES string of the molecule is COc1cc(Br)cc(C)c1NS(=O)(=O)c1c(C)n[nH]c1C. The molecule has 0 saturated heterocycles. The van der Waals surface area contributed by atoms with Gasteiger partial charge in [0.05, 0.1) is 24.2 Å². The lowest BCUT2D eigenvalue weighted by atomic mass is 10.2. The first kappa shape index (κ1) is 15.8. The zero-order valence-corrected chi connectivity index (χ0v) is 14.5. The summed E-state index contributed by atoms with van der Waals surface area (Å²) in [6, 6.07) is 3.52. The van der Waals surface area contributed by atoms with E-state index in [-0.39, 0.29) is 4.90 Å². The van der Waals surface area contributed by atoms with Gasteiger partial charge in [-0.2, -0.15) is 5.10 Å². The number of ether oxygens (including phenoxy) is 1. The highest BCUT2D eigenvalue weighted by molar-refractivity contribution is 9.10. The molecule has 0 aliphatic heterocycles. The van der Waals surface area contributed by atoms with Crippen LogP contribution in [0.25, 0.3) is 0 Å². The highest BCUT2D eigenvalue weighted by atomic mass is 79.9. The Bertz CT molecular complexity index is 765. The topological polar surface area (TPSA) is 84.1 Å². The van der Waals surface area contributed by atoms with Crippen molar-refractivity contribution < 1.29 is 13.2 Å². The summed E-state index contributed by atoms with van der Waals surface area (Å²) in [4.78, 5) is 0.159. The van der Waals surface area contributed by atoms with Crippen LogP contribution in [0.5, 0.6) is 5.75 Å². The van der Waals surface area contributed by atoms with Gasteiger partial charge < -0.3 is 4.74 Å². The van der Waals surface area contributed by atoms with Crippen LogP contribution >= 0.6 is 15.9 Å². The Hall–Kier alpha value is -1.54. The monoisotopic (exact) mass is 373 g/mol. The molecule has 1 aromatic heterocycles. The smallest absolute Gasteiger partial charge is 0.265 e. The molecule has 114 valence electrons. The van der Waals surface area contributed by atoms with Gasteiger partial charge in [0.25, 0.3) is 10.0 Å². The molecule has 0 atom stereocenters. The summed E-state index contributed by atoms with van der Waals surface area (Å²) in [5.41, 5.74) is 2.09. The quantitative estimate of drug-likeness (QED) is 0.862. The standard InChI is InChI=1S/C13H16BrN3O3S/c1-7-5-10(14)6-11(20-4)12(7)17-21(18,19)13-8(2)15-16-9(13)3/h5-6,17H,1-4H3,(H,15,16). The van der Waals surface area contributed by atoms with Gasteiger partial charge in [-0.3, -0.25) is 9.82 Å². The average Bonchev–Trinajstić information content (AvgIpc) is 2.72. The first-order valence-corrected chi connectivity index (χ1v) is 8.42. The number of nitrogens with zero attached hydrogens (tertiary/aromatic N) is 1. The van der Waals surface area contributed by atoms with Gasteiger partial charge in [0.15, 0.2) is 0 Å². The number of aryl methyl sites for hydroxylation is 3. The lowest BCUT2D eigenvalue weighted by Gasteiger charge is -2.15.